The van der Waals surface area contributed by atoms with Gasteiger partial charge in [0.2, 0.25) is 0 Å². The highest BCUT2D eigenvalue weighted by molar-refractivity contribution is 7.15. The number of unbranched alkanes of at least 4 members (excludes halogenated alkanes) is 1. The minimum absolute atomic E-state index is 0.0366. The molecule has 12 heteroatoms. The molecule has 5 rings (SSSR count). The summed E-state index contributed by atoms with van der Waals surface area (Å²) in [5, 5.41) is 6.08. The third-order valence-corrected chi connectivity index (χ3v) is 8.63. The number of alkyl carbamates (subject to hydrolysis) is 1. The van der Waals surface area contributed by atoms with Gasteiger partial charge in [0, 0.05) is 35.2 Å². The number of fused-ring (bicyclic) bond motifs is 1. The summed E-state index contributed by atoms with van der Waals surface area (Å²) in [5.41, 5.74) is 1.75. The molecular formula is C31H37FN4O6S. The zero-order valence-electron chi connectivity index (χ0n) is 24.8. The Morgan fingerprint density at radius 1 is 1.21 bits per heavy atom. The molecule has 2 N–H and O–H groups in total. The summed E-state index contributed by atoms with van der Waals surface area (Å²) in [4.78, 5) is 34.3. The Kier molecular flexibility index (Phi) is 9.66. The number of halogens is 1. The van der Waals surface area contributed by atoms with Gasteiger partial charge in [0.05, 0.1) is 62.2 Å². The van der Waals surface area contributed by atoms with Gasteiger partial charge in [0.25, 0.3) is 5.91 Å². The summed E-state index contributed by atoms with van der Waals surface area (Å²) in [5.74, 6) is 0.361. The molecule has 43 heavy (non-hydrogen) atoms. The molecule has 0 unspecified atom stereocenters. The van der Waals surface area contributed by atoms with Crippen molar-refractivity contribution < 1.29 is 32.9 Å². The van der Waals surface area contributed by atoms with E-state index < -0.39 is 18.0 Å². The number of anilines is 1. The molecule has 0 radical (unpaired) electrons. The van der Waals surface area contributed by atoms with Gasteiger partial charge in [-0.05, 0) is 44.0 Å². The van der Waals surface area contributed by atoms with Gasteiger partial charge in [0.1, 0.15) is 11.5 Å². The molecule has 2 atom stereocenters. The van der Waals surface area contributed by atoms with Crippen molar-refractivity contribution in [1.82, 2.24) is 15.2 Å². The van der Waals surface area contributed by atoms with Crippen LogP contribution in [-0.4, -0.2) is 68.0 Å². The highest BCUT2D eigenvalue weighted by Gasteiger charge is 2.37. The highest BCUT2D eigenvalue weighted by Crippen LogP contribution is 2.40. The maximum absolute atomic E-state index is 16.3. The fourth-order valence-corrected chi connectivity index (χ4v) is 6.16. The molecule has 2 amide bonds. The maximum atomic E-state index is 16.3. The van der Waals surface area contributed by atoms with Crippen LogP contribution in [0.2, 0.25) is 0 Å². The van der Waals surface area contributed by atoms with Crippen LogP contribution in [-0.2, 0) is 22.6 Å². The summed E-state index contributed by atoms with van der Waals surface area (Å²) in [7, 11) is 3.13. The Morgan fingerprint density at radius 2 is 2.05 bits per heavy atom. The van der Waals surface area contributed by atoms with Crippen LogP contribution in [0.4, 0.5) is 15.0 Å². The number of thiophene rings is 1. The van der Waals surface area contributed by atoms with Gasteiger partial charge in [-0.1, -0.05) is 13.3 Å². The number of carbonyl (C=O) groups excluding carboxylic acids is 2. The van der Waals surface area contributed by atoms with Crippen molar-refractivity contribution in [2.75, 3.05) is 39.4 Å². The second-order valence-corrected chi connectivity index (χ2v) is 11.9. The molecule has 2 aromatic heterocycles. The number of benzene rings is 1. The van der Waals surface area contributed by atoms with E-state index in [1.54, 1.807) is 31.3 Å². The molecule has 0 saturated carbocycles. The van der Waals surface area contributed by atoms with Crippen molar-refractivity contribution in [2.24, 2.45) is 0 Å². The molecule has 0 bridgehead atoms. The molecule has 0 aliphatic carbocycles. The predicted molar refractivity (Wildman–Crippen MR) is 161 cm³/mol. The van der Waals surface area contributed by atoms with E-state index in [-0.39, 0.29) is 48.6 Å². The third-order valence-electron chi connectivity index (χ3n) is 7.63. The topological polar surface area (TPSA) is 111 Å². The number of pyridine rings is 1. The quantitative estimate of drug-likeness (QED) is 0.272. The number of methoxy groups -OCH3 is 2. The number of rotatable bonds is 11. The SMILES string of the molecule is CCCCOC(=O)N[C@H]1COCC[C@H]1Nc1nc(-c2ccc(C)s2)c2c(c1F)CN(Cc1ccc(OC)cc1OC)C2=O. The van der Waals surface area contributed by atoms with E-state index in [0.29, 0.717) is 36.8 Å². The summed E-state index contributed by atoms with van der Waals surface area (Å²) < 4.78 is 38.0. The van der Waals surface area contributed by atoms with E-state index in [0.717, 1.165) is 28.2 Å². The molecule has 3 aromatic rings. The zero-order chi connectivity index (χ0) is 30.5. The monoisotopic (exact) mass is 612 g/mol. The molecule has 0 spiro atoms. The number of aryl methyl sites for hydroxylation is 1. The van der Waals surface area contributed by atoms with E-state index in [1.807, 2.05) is 32.0 Å². The van der Waals surface area contributed by atoms with Gasteiger partial charge in [0.15, 0.2) is 11.6 Å². The van der Waals surface area contributed by atoms with Gasteiger partial charge in [-0.15, -0.1) is 11.3 Å². The second kappa shape index (κ2) is 13.6. The van der Waals surface area contributed by atoms with E-state index in [1.165, 1.54) is 11.3 Å². The van der Waals surface area contributed by atoms with Crippen LogP contribution in [0.5, 0.6) is 11.5 Å². The number of aromatic nitrogens is 1. The number of nitrogens with zero attached hydrogens (tertiary/aromatic N) is 2. The Bertz CT molecular complexity index is 1480. The van der Waals surface area contributed by atoms with E-state index in [2.05, 4.69) is 10.6 Å². The molecule has 4 heterocycles. The first kappa shape index (κ1) is 30.6. The maximum Gasteiger partial charge on any atom is 0.407 e. The standard InChI is InChI=1S/C31H37FN4O6S/c1-5-6-12-42-31(38)34-23-17-41-13-11-22(23)33-29-27(32)21-16-36(15-19-8-9-20(39-3)14-24(19)40-4)30(37)26(21)28(35-29)25-10-7-18(2)43-25/h7-10,14,22-23H,5-6,11-13,15-17H2,1-4H3,(H,33,35)(H,34,38)/t22-,23+/m1/s1. The van der Waals surface area contributed by atoms with Crippen LogP contribution in [0.3, 0.4) is 0 Å². The van der Waals surface area contributed by atoms with Crippen LogP contribution in [0.1, 0.15) is 52.5 Å². The average molecular weight is 613 g/mol. The Labute approximate surface area is 254 Å². The number of amides is 2. The first-order chi connectivity index (χ1) is 20.8. The van der Waals surface area contributed by atoms with Gasteiger partial charge in [-0.2, -0.15) is 0 Å². The van der Waals surface area contributed by atoms with E-state index in [9.17, 15) is 9.59 Å². The Balaban J connectivity index is 1.45. The van der Waals surface area contributed by atoms with Crippen LogP contribution < -0.4 is 20.1 Å². The summed E-state index contributed by atoms with van der Waals surface area (Å²) >= 11 is 1.49. The minimum Gasteiger partial charge on any atom is -0.497 e. The van der Waals surface area contributed by atoms with Crippen molar-refractivity contribution in [3.63, 3.8) is 0 Å². The van der Waals surface area contributed by atoms with Gasteiger partial charge in [-0.25, -0.2) is 14.2 Å². The summed E-state index contributed by atoms with van der Waals surface area (Å²) in [6.45, 7) is 5.30. The Hall–Kier alpha value is -3.90. The zero-order valence-corrected chi connectivity index (χ0v) is 25.6. The molecule has 1 fully saturated rings. The summed E-state index contributed by atoms with van der Waals surface area (Å²) in [6, 6.07) is 8.43. The lowest BCUT2D eigenvalue weighted by Gasteiger charge is -2.33. The first-order valence-electron chi connectivity index (χ1n) is 14.4. The average Bonchev–Trinajstić information content (AvgIpc) is 3.59. The Morgan fingerprint density at radius 3 is 2.77 bits per heavy atom. The molecule has 2 aliphatic rings. The van der Waals surface area contributed by atoms with E-state index in [4.69, 9.17) is 23.9 Å². The minimum atomic E-state index is -0.583. The molecular weight excluding hydrogens is 575 g/mol. The lowest BCUT2D eigenvalue weighted by molar-refractivity contribution is 0.0583. The van der Waals surface area contributed by atoms with Crippen molar-refractivity contribution in [2.45, 2.75) is 58.3 Å². The molecule has 2 aliphatic heterocycles. The summed E-state index contributed by atoms with van der Waals surface area (Å²) in [6.07, 6.45) is 1.66. The van der Waals surface area contributed by atoms with Crippen LogP contribution in [0, 0.1) is 12.7 Å². The smallest absolute Gasteiger partial charge is 0.407 e. The first-order valence-corrected chi connectivity index (χ1v) is 15.2. The number of ether oxygens (including phenoxy) is 4. The lowest BCUT2D eigenvalue weighted by atomic mass is 10.0. The lowest BCUT2D eigenvalue weighted by Crippen LogP contribution is -2.53. The van der Waals surface area contributed by atoms with Gasteiger partial charge >= 0.3 is 6.09 Å². The van der Waals surface area contributed by atoms with Crippen molar-refractivity contribution >= 4 is 29.2 Å². The molecule has 10 nitrogen and oxygen atoms in total. The number of carbonyl (C=O) groups is 2. The normalized spacial score (nSPS) is 17.9. The number of nitrogens with one attached hydrogen (secondary N) is 2. The van der Waals surface area contributed by atoms with Crippen LogP contribution in [0.15, 0.2) is 30.3 Å². The molecule has 1 aromatic carbocycles. The van der Waals surface area contributed by atoms with Crippen molar-refractivity contribution in [3.05, 3.63) is 57.7 Å². The highest BCUT2D eigenvalue weighted by atomic mass is 32.1. The largest absolute Gasteiger partial charge is 0.497 e. The number of hydrogen-bond donors (Lipinski definition) is 2. The van der Waals surface area contributed by atoms with E-state index >= 15 is 4.39 Å². The van der Waals surface area contributed by atoms with Gasteiger partial charge < -0.3 is 34.5 Å². The van der Waals surface area contributed by atoms with Crippen molar-refractivity contribution in [1.29, 1.82) is 0 Å². The fourth-order valence-electron chi connectivity index (χ4n) is 5.29. The molecule has 230 valence electrons. The fraction of sp³-hybridized carbons (Fsp3) is 0.452. The van der Waals surface area contributed by atoms with Crippen LogP contribution in [0.25, 0.3) is 10.6 Å². The van der Waals surface area contributed by atoms with Gasteiger partial charge in [-0.3, -0.25) is 4.79 Å². The second-order valence-electron chi connectivity index (χ2n) is 10.6. The van der Waals surface area contributed by atoms with Crippen LogP contribution >= 0.6 is 11.3 Å². The molecule has 1 saturated heterocycles. The predicted octanol–water partition coefficient (Wildman–Crippen LogP) is 5.53. The number of hydrogen-bond acceptors (Lipinski definition) is 9. The van der Waals surface area contributed by atoms with Crippen molar-refractivity contribution in [3.8, 4) is 22.1 Å². The third kappa shape index (κ3) is 6.70.